The first kappa shape index (κ1) is 11.0. The smallest absolute Gasteiger partial charge is 0.126 e. The van der Waals surface area contributed by atoms with Crippen LogP contribution in [0.5, 0.6) is 0 Å². The van der Waals surface area contributed by atoms with E-state index in [1.807, 2.05) is 0 Å². The number of hydrogen-bond donors (Lipinski definition) is 1. The zero-order valence-electron chi connectivity index (χ0n) is 9.63. The van der Waals surface area contributed by atoms with E-state index >= 15 is 0 Å². The molecule has 0 amide bonds. The van der Waals surface area contributed by atoms with Crippen LogP contribution in [0.15, 0.2) is 12.1 Å². The molecule has 0 aromatic carbocycles. The van der Waals surface area contributed by atoms with Crippen molar-refractivity contribution >= 4 is 5.82 Å². The van der Waals surface area contributed by atoms with Gasteiger partial charge in [0, 0.05) is 18.7 Å². The summed E-state index contributed by atoms with van der Waals surface area (Å²) in [5.41, 5.74) is 2.71. The summed E-state index contributed by atoms with van der Waals surface area (Å²) in [6, 6.07) is 4.30. The Morgan fingerprint density at radius 2 is 2.25 bits per heavy atom. The Morgan fingerprint density at radius 3 is 3.12 bits per heavy atom. The zero-order chi connectivity index (χ0) is 11.2. The molecule has 1 aliphatic carbocycles. The second kappa shape index (κ2) is 5.55. The predicted molar refractivity (Wildman–Crippen MR) is 67.4 cm³/mol. The van der Waals surface area contributed by atoms with Gasteiger partial charge in [0.25, 0.3) is 0 Å². The summed E-state index contributed by atoms with van der Waals surface area (Å²) in [5, 5.41) is 3.35. The molecule has 0 atom stereocenters. The fourth-order valence-electron chi connectivity index (χ4n) is 2.09. The lowest BCUT2D eigenvalue weighted by Gasteiger charge is -2.06. The molecule has 0 aliphatic heterocycles. The number of anilines is 1. The van der Waals surface area contributed by atoms with Crippen LogP contribution in [-0.4, -0.2) is 11.5 Å². The van der Waals surface area contributed by atoms with E-state index in [1.165, 1.54) is 24.1 Å². The Balaban J connectivity index is 1.80. The van der Waals surface area contributed by atoms with E-state index in [9.17, 15) is 0 Å². The molecule has 0 bridgehead atoms. The minimum Gasteiger partial charge on any atom is -0.370 e. The SMILES string of the molecule is C#CCCCCNc1ccc2c(n1)CCC2. The molecule has 1 aromatic rings. The van der Waals surface area contributed by atoms with E-state index in [2.05, 4.69) is 28.4 Å². The highest BCUT2D eigenvalue weighted by atomic mass is 15.0. The molecule has 0 spiro atoms. The first-order valence-corrected chi connectivity index (χ1v) is 6.06. The number of unbranched alkanes of at least 4 members (excludes halogenated alkanes) is 2. The monoisotopic (exact) mass is 214 g/mol. The van der Waals surface area contributed by atoms with Crippen LogP contribution >= 0.6 is 0 Å². The molecule has 2 rings (SSSR count). The molecule has 0 saturated carbocycles. The summed E-state index contributed by atoms with van der Waals surface area (Å²) in [5.74, 6) is 3.67. The number of fused-ring (bicyclic) bond motifs is 1. The largest absolute Gasteiger partial charge is 0.370 e. The summed E-state index contributed by atoms with van der Waals surface area (Å²) in [6.45, 7) is 0.966. The van der Waals surface area contributed by atoms with Crippen molar-refractivity contribution in [1.82, 2.24) is 4.98 Å². The number of nitrogens with zero attached hydrogens (tertiary/aromatic N) is 1. The minimum atomic E-state index is 0.874. The molecular formula is C14H18N2. The molecule has 2 heteroatoms. The van der Waals surface area contributed by atoms with Crippen molar-refractivity contribution in [3.8, 4) is 12.3 Å². The van der Waals surface area contributed by atoms with E-state index in [4.69, 9.17) is 6.42 Å². The maximum absolute atomic E-state index is 5.20. The van der Waals surface area contributed by atoms with Gasteiger partial charge in [-0.25, -0.2) is 4.98 Å². The van der Waals surface area contributed by atoms with Gasteiger partial charge in [0.05, 0.1) is 0 Å². The van der Waals surface area contributed by atoms with E-state index in [0.29, 0.717) is 0 Å². The molecular weight excluding hydrogens is 196 g/mol. The number of hydrogen-bond acceptors (Lipinski definition) is 2. The van der Waals surface area contributed by atoms with Crippen molar-refractivity contribution in [3.63, 3.8) is 0 Å². The van der Waals surface area contributed by atoms with Gasteiger partial charge in [-0.3, -0.25) is 0 Å². The minimum absolute atomic E-state index is 0.874. The lowest BCUT2D eigenvalue weighted by atomic mass is 10.2. The van der Waals surface area contributed by atoms with Crippen LogP contribution < -0.4 is 5.32 Å². The van der Waals surface area contributed by atoms with Gasteiger partial charge in [-0.15, -0.1) is 12.3 Å². The highest BCUT2D eigenvalue weighted by Gasteiger charge is 2.11. The quantitative estimate of drug-likeness (QED) is 0.602. The third-order valence-electron chi connectivity index (χ3n) is 2.98. The standard InChI is InChI=1S/C14H18N2/c1-2-3-4-5-11-15-14-10-9-12-7-6-8-13(12)16-14/h1,9-10H,3-8,11H2,(H,15,16). The third-order valence-corrected chi connectivity index (χ3v) is 2.98. The summed E-state index contributed by atoms with van der Waals surface area (Å²) in [7, 11) is 0. The van der Waals surface area contributed by atoms with E-state index in [1.54, 1.807) is 0 Å². The molecule has 84 valence electrons. The number of pyridine rings is 1. The van der Waals surface area contributed by atoms with Crippen LogP contribution in [0, 0.1) is 12.3 Å². The number of terminal acetylenes is 1. The van der Waals surface area contributed by atoms with Crippen LogP contribution in [0.1, 0.15) is 36.9 Å². The molecule has 2 nitrogen and oxygen atoms in total. The lowest BCUT2D eigenvalue weighted by Crippen LogP contribution is -2.04. The fourth-order valence-corrected chi connectivity index (χ4v) is 2.09. The topological polar surface area (TPSA) is 24.9 Å². The van der Waals surface area contributed by atoms with Crippen molar-refractivity contribution in [2.75, 3.05) is 11.9 Å². The van der Waals surface area contributed by atoms with Crippen molar-refractivity contribution in [3.05, 3.63) is 23.4 Å². The number of rotatable bonds is 5. The highest BCUT2D eigenvalue weighted by molar-refractivity contribution is 5.40. The van der Waals surface area contributed by atoms with Gasteiger partial charge < -0.3 is 5.32 Å². The van der Waals surface area contributed by atoms with Crippen molar-refractivity contribution < 1.29 is 0 Å². The fraction of sp³-hybridized carbons (Fsp3) is 0.500. The van der Waals surface area contributed by atoms with E-state index in [-0.39, 0.29) is 0 Å². The number of aryl methyl sites for hydroxylation is 2. The van der Waals surface area contributed by atoms with Gasteiger partial charge >= 0.3 is 0 Å². The molecule has 1 N–H and O–H groups in total. The van der Waals surface area contributed by atoms with Crippen molar-refractivity contribution in [2.45, 2.75) is 38.5 Å². The van der Waals surface area contributed by atoms with Crippen LogP contribution in [0.2, 0.25) is 0 Å². The van der Waals surface area contributed by atoms with Gasteiger partial charge in [0.15, 0.2) is 0 Å². The predicted octanol–water partition coefficient (Wildman–Crippen LogP) is 2.79. The average molecular weight is 214 g/mol. The Kier molecular flexibility index (Phi) is 3.82. The van der Waals surface area contributed by atoms with Gasteiger partial charge in [-0.05, 0) is 43.7 Å². The molecule has 16 heavy (non-hydrogen) atoms. The summed E-state index contributed by atoms with van der Waals surface area (Å²) >= 11 is 0. The van der Waals surface area contributed by atoms with Crippen LogP contribution in [0.3, 0.4) is 0 Å². The van der Waals surface area contributed by atoms with Crippen molar-refractivity contribution in [1.29, 1.82) is 0 Å². The van der Waals surface area contributed by atoms with Gasteiger partial charge in [-0.2, -0.15) is 0 Å². The lowest BCUT2D eigenvalue weighted by molar-refractivity contribution is 0.786. The van der Waals surface area contributed by atoms with Gasteiger partial charge in [-0.1, -0.05) is 6.07 Å². The highest BCUT2D eigenvalue weighted by Crippen LogP contribution is 2.21. The summed E-state index contributed by atoms with van der Waals surface area (Å²) in [6.07, 6.45) is 11.9. The molecule has 1 heterocycles. The molecule has 0 fully saturated rings. The first-order chi connectivity index (χ1) is 7.90. The molecule has 0 radical (unpaired) electrons. The summed E-state index contributed by atoms with van der Waals surface area (Å²) in [4.78, 5) is 4.62. The Hall–Kier alpha value is -1.49. The normalized spacial score (nSPS) is 13.2. The first-order valence-electron chi connectivity index (χ1n) is 6.06. The maximum atomic E-state index is 5.20. The van der Waals surface area contributed by atoms with Gasteiger partial charge in [0.1, 0.15) is 5.82 Å². The van der Waals surface area contributed by atoms with Crippen molar-refractivity contribution in [2.24, 2.45) is 0 Å². The zero-order valence-corrected chi connectivity index (χ0v) is 9.63. The second-order valence-electron chi connectivity index (χ2n) is 4.24. The van der Waals surface area contributed by atoms with Crippen LogP contribution in [-0.2, 0) is 12.8 Å². The van der Waals surface area contributed by atoms with E-state index in [0.717, 1.165) is 38.0 Å². The Bertz CT molecular complexity index is 390. The molecule has 0 unspecified atom stereocenters. The third kappa shape index (κ3) is 2.76. The van der Waals surface area contributed by atoms with Gasteiger partial charge in [0.2, 0.25) is 0 Å². The maximum Gasteiger partial charge on any atom is 0.126 e. The molecule has 1 aromatic heterocycles. The number of nitrogens with one attached hydrogen (secondary N) is 1. The van der Waals surface area contributed by atoms with E-state index < -0.39 is 0 Å². The number of aromatic nitrogens is 1. The Morgan fingerprint density at radius 1 is 1.31 bits per heavy atom. The average Bonchev–Trinajstić information content (AvgIpc) is 2.76. The summed E-state index contributed by atoms with van der Waals surface area (Å²) < 4.78 is 0. The molecule has 0 saturated heterocycles. The second-order valence-corrected chi connectivity index (χ2v) is 4.24. The van der Waals surface area contributed by atoms with Crippen LogP contribution in [0.4, 0.5) is 5.82 Å². The van der Waals surface area contributed by atoms with Crippen LogP contribution in [0.25, 0.3) is 0 Å². The Labute approximate surface area is 97.5 Å². The molecule has 1 aliphatic rings.